The maximum absolute atomic E-state index is 9.36. The number of ether oxygens (including phenoxy) is 1. The van der Waals surface area contributed by atoms with E-state index in [9.17, 15) is 5.11 Å². The maximum Gasteiger partial charge on any atom is 0.118 e. The van der Waals surface area contributed by atoms with Crippen molar-refractivity contribution in [3.63, 3.8) is 0 Å². The van der Waals surface area contributed by atoms with Gasteiger partial charge in [-0.15, -0.1) is 0 Å². The maximum atomic E-state index is 9.36. The molecule has 58 valence electrons. The minimum Gasteiger partial charge on any atom is -0.508 e. The molecule has 3 heteroatoms. The zero-order chi connectivity index (χ0) is 10.3. The lowest BCUT2D eigenvalue weighted by Crippen LogP contribution is -2.25. The summed E-state index contributed by atoms with van der Waals surface area (Å²) in [6.07, 6.45) is -0.291. The summed E-state index contributed by atoms with van der Waals surface area (Å²) in [6.45, 7) is 0.935. The molecule has 0 radical (unpaired) electrons. The van der Waals surface area contributed by atoms with Crippen molar-refractivity contribution >= 4 is 0 Å². The van der Waals surface area contributed by atoms with Crippen LogP contribution >= 0.6 is 0 Å². The van der Waals surface area contributed by atoms with Crippen molar-refractivity contribution in [2.24, 2.45) is 0 Å². The molecule has 2 rings (SSSR count). The van der Waals surface area contributed by atoms with Crippen LogP contribution in [0.5, 0.6) is 5.75 Å². The average Bonchev–Trinajstić information content (AvgIpc) is 2.08. The molecule has 0 aliphatic carbocycles. The number of nitrogens with zero attached hydrogens (tertiary/aromatic N) is 1. The summed E-state index contributed by atoms with van der Waals surface area (Å²) in [7, 11) is 0. The second-order valence-electron chi connectivity index (χ2n) is 2.44. The lowest BCUT2D eigenvalue weighted by Gasteiger charge is -2.25. The highest BCUT2D eigenvalue weighted by Crippen LogP contribution is 2.23. The van der Waals surface area contributed by atoms with Gasteiger partial charge in [0.05, 0.1) is 23.0 Å². The third-order valence-electron chi connectivity index (χ3n) is 1.62. The second-order valence-corrected chi connectivity index (χ2v) is 2.44. The van der Waals surface area contributed by atoms with Gasteiger partial charge in [-0.05, 0) is 6.04 Å². The Labute approximate surface area is 68.9 Å². The molecule has 0 saturated carbocycles. The van der Waals surface area contributed by atoms with Gasteiger partial charge in [-0.1, -0.05) is 0 Å². The van der Waals surface area contributed by atoms with Gasteiger partial charge in [0.2, 0.25) is 0 Å². The first kappa shape index (κ1) is 4.07. The van der Waals surface area contributed by atoms with Crippen LogP contribution in [-0.2, 0) is 4.74 Å². The Kier molecular flexibility index (Phi) is 0.927. The van der Waals surface area contributed by atoms with Gasteiger partial charge in [-0.25, -0.2) is 0 Å². The molecular weight excluding hydrogens is 142 g/mol. The van der Waals surface area contributed by atoms with Crippen molar-refractivity contribution in [2.75, 3.05) is 13.2 Å². The van der Waals surface area contributed by atoms with Crippen LogP contribution in [-0.4, -0.2) is 23.3 Å². The molecule has 0 amide bonds. The normalized spacial score (nSPS) is 21.6. The Hall–Kier alpha value is -1.09. The molecule has 3 nitrogen and oxygen atoms in total. The SMILES string of the molecule is [2H]c1nc(C2COC2)c([2H])c(O)c1[2H]. The van der Waals surface area contributed by atoms with Crippen LogP contribution in [0.4, 0.5) is 0 Å². The fourth-order valence-electron chi connectivity index (χ4n) is 0.909. The molecule has 1 fully saturated rings. The molecule has 1 aliphatic rings. The molecule has 1 saturated heterocycles. The predicted molar refractivity (Wildman–Crippen MR) is 39.5 cm³/mol. The van der Waals surface area contributed by atoms with E-state index >= 15 is 0 Å². The molecule has 1 N–H and O–H groups in total. The topological polar surface area (TPSA) is 42.4 Å². The van der Waals surface area contributed by atoms with Crippen LogP contribution in [0.2, 0.25) is 0 Å². The van der Waals surface area contributed by atoms with Gasteiger partial charge in [0.25, 0.3) is 0 Å². The zero-order valence-corrected chi connectivity index (χ0v) is 5.79. The molecule has 0 atom stereocenters. The standard InChI is InChI=1S/C8H9NO2/c10-7-1-2-9-8(3-7)6-4-11-5-6/h1-3,6H,4-5H2,(H,9,10)/i1D,2D,3D. The third-order valence-corrected chi connectivity index (χ3v) is 1.62. The van der Waals surface area contributed by atoms with E-state index in [0.717, 1.165) is 0 Å². The molecule has 2 heterocycles. The Balaban J connectivity index is 2.49. The average molecular weight is 154 g/mol. The molecule has 1 aliphatic heterocycles. The van der Waals surface area contributed by atoms with Gasteiger partial charge in [0.15, 0.2) is 0 Å². The van der Waals surface area contributed by atoms with E-state index in [0.29, 0.717) is 18.9 Å². The number of rotatable bonds is 1. The van der Waals surface area contributed by atoms with Crippen molar-refractivity contribution in [1.29, 1.82) is 0 Å². The summed E-state index contributed by atoms with van der Waals surface area (Å²) in [5.74, 6) is -0.481. The summed E-state index contributed by atoms with van der Waals surface area (Å²) < 4.78 is 27.0. The number of hydrogen-bond donors (Lipinski definition) is 1. The van der Waals surface area contributed by atoms with Gasteiger partial charge in [0, 0.05) is 18.1 Å². The van der Waals surface area contributed by atoms with Crippen molar-refractivity contribution in [3.8, 4) is 5.75 Å². The Morgan fingerprint density at radius 3 is 3.18 bits per heavy atom. The first-order chi connectivity index (χ1) is 6.61. The van der Waals surface area contributed by atoms with Gasteiger partial charge in [-0.3, -0.25) is 4.98 Å². The van der Waals surface area contributed by atoms with Gasteiger partial charge in [-0.2, -0.15) is 0 Å². The number of pyridine rings is 1. The Morgan fingerprint density at radius 1 is 1.73 bits per heavy atom. The monoisotopic (exact) mass is 154 g/mol. The quantitative estimate of drug-likeness (QED) is 0.653. The smallest absolute Gasteiger partial charge is 0.118 e. The van der Waals surface area contributed by atoms with E-state index < -0.39 is 5.75 Å². The lowest BCUT2D eigenvalue weighted by molar-refractivity contribution is 0.00664. The third kappa shape index (κ3) is 1.19. The molecule has 1 aromatic rings. The molecule has 0 spiro atoms. The van der Waals surface area contributed by atoms with E-state index in [1.165, 1.54) is 0 Å². The van der Waals surface area contributed by atoms with Gasteiger partial charge in [0.1, 0.15) is 5.75 Å². The molecule has 0 bridgehead atoms. The van der Waals surface area contributed by atoms with Crippen LogP contribution in [0.1, 0.15) is 15.7 Å². The van der Waals surface area contributed by atoms with Gasteiger partial charge >= 0.3 is 0 Å². The van der Waals surface area contributed by atoms with Crippen LogP contribution in [0.15, 0.2) is 18.3 Å². The highest BCUT2D eigenvalue weighted by molar-refractivity contribution is 5.23. The van der Waals surface area contributed by atoms with Crippen molar-refractivity contribution < 1.29 is 14.0 Å². The van der Waals surface area contributed by atoms with Crippen molar-refractivity contribution in [2.45, 2.75) is 5.92 Å². The van der Waals surface area contributed by atoms with Crippen molar-refractivity contribution in [1.82, 2.24) is 4.98 Å². The fraction of sp³-hybridized carbons (Fsp3) is 0.375. The summed E-state index contributed by atoms with van der Waals surface area (Å²) in [5.41, 5.74) is 0.356. The van der Waals surface area contributed by atoms with Crippen molar-refractivity contribution in [3.05, 3.63) is 24.0 Å². The number of hydrogen-bond acceptors (Lipinski definition) is 3. The van der Waals surface area contributed by atoms with Gasteiger partial charge < -0.3 is 9.84 Å². The van der Waals surface area contributed by atoms with E-state index in [4.69, 9.17) is 8.85 Å². The van der Waals surface area contributed by atoms with Crippen LogP contribution in [0.3, 0.4) is 0 Å². The Morgan fingerprint density at radius 2 is 2.55 bits per heavy atom. The lowest BCUT2D eigenvalue weighted by atomic mass is 10.0. The Bertz CT molecular complexity index is 379. The molecule has 11 heavy (non-hydrogen) atoms. The van der Waals surface area contributed by atoms with Crippen LogP contribution in [0, 0.1) is 0 Å². The highest BCUT2D eigenvalue weighted by atomic mass is 16.5. The summed E-state index contributed by atoms with van der Waals surface area (Å²) in [5, 5.41) is 9.36. The molecular formula is C8H9NO2. The largest absolute Gasteiger partial charge is 0.508 e. The van der Waals surface area contributed by atoms with E-state index in [-0.39, 0.29) is 24.2 Å². The summed E-state index contributed by atoms with van der Waals surface area (Å²) in [4.78, 5) is 3.81. The van der Waals surface area contributed by atoms with E-state index in [1.54, 1.807) is 0 Å². The minimum absolute atomic E-state index is 0.0156. The van der Waals surface area contributed by atoms with E-state index in [2.05, 4.69) is 4.98 Å². The summed E-state index contributed by atoms with van der Waals surface area (Å²) in [6, 6.07) is -0.543. The second kappa shape index (κ2) is 2.51. The van der Waals surface area contributed by atoms with Crippen LogP contribution in [0.25, 0.3) is 0 Å². The van der Waals surface area contributed by atoms with E-state index in [1.807, 2.05) is 0 Å². The predicted octanol–water partition coefficient (Wildman–Crippen LogP) is 0.901. The fourth-order valence-corrected chi connectivity index (χ4v) is 0.909. The number of aromatic hydroxyl groups is 1. The zero-order valence-electron chi connectivity index (χ0n) is 8.79. The highest BCUT2D eigenvalue weighted by Gasteiger charge is 2.21. The molecule has 0 aromatic carbocycles. The molecule has 0 unspecified atom stereocenters. The number of aromatic nitrogens is 1. The molecule has 1 aromatic heterocycles. The first-order valence-corrected chi connectivity index (χ1v) is 3.35. The first-order valence-electron chi connectivity index (χ1n) is 4.85. The minimum atomic E-state index is -0.466. The summed E-state index contributed by atoms with van der Waals surface area (Å²) >= 11 is 0. The van der Waals surface area contributed by atoms with Crippen LogP contribution < -0.4 is 0 Å².